The van der Waals surface area contributed by atoms with Crippen LogP contribution in [0.3, 0.4) is 0 Å². The molecule has 1 saturated carbocycles. The van der Waals surface area contributed by atoms with Crippen molar-refractivity contribution in [2.45, 2.75) is 26.2 Å². The van der Waals surface area contributed by atoms with Crippen molar-refractivity contribution in [2.24, 2.45) is 5.92 Å². The fourth-order valence-electron chi connectivity index (χ4n) is 1.86. The Balaban J connectivity index is 1.82. The van der Waals surface area contributed by atoms with Gasteiger partial charge in [-0.15, -0.1) is 0 Å². The highest BCUT2D eigenvalue weighted by atomic mass is 79.9. The van der Waals surface area contributed by atoms with Gasteiger partial charge in [0.1, 0.15) is 5.82 Å². The lowest BCUT2D eigenvalue weighted by Crippen LogP contribution is -2.28. The summed E-state index contributed by atoms with van der Waals surface area (Å²) in [5.41, 5.74) is 0.556. The molecule has 1 fully saturated rings. The molecule has 0 aliphatic heterocycles. The van der Waals surface area contributed by atoms with E-state index in [1.165, 1.54) is 12.8 Å². The van der Waals surface area contributed by atoms with Crippen LogP contribution in [0.5, 0.6) is 0 Å². The molecule has 6 heteroatoms. The number of hydrogen-bond acceptors (Lipinski definition) is 4. The van der Waals surface area contributed by atoms with Crippen molar-refractivity contribution in [1.29, 1.82) is 0 Å². The second-order valence-electron chi connectivity index (χ2n) is 5.25. The van der Waals surface area contributed by atoms with Gasteiger partial charge in [0, 0.05) is 30.4 Å². The molecule has 2 rings (SSSR count). The first-order valence-corrected chi connectivity index (χ1v) is 8.25. The minimum atomic E-state index is -0.127. The molecule has 0 aromatic carbocycles. The van der Waals surface area contributed by atoms with E-state index in [1.54, 1.807) is 12.3 Å². The molecule has 1 aromatic heterocycles. The Bertz CT molecular complexity index is 478. The maximum absolute atomic E-state index is 12.2. The Labute approximate surface area is 134 Å². The van der Waals surface area contributed by atoms with E-state index in [0.29, 0.717) is 24.5 Å². The van der Waals surface area contributed by atoms with E-state index in [-0.39, 0.29) is 5.91 Å². The van der Waals surface area contributed by atoms with Crippen molar-refractivity contribution in [2.75, 3.05) is 31.6 Å². The standard InChI is InChI=1S/C15H22BrN3O2/c1-2-5-17-14-13(8-12(16)9-19-14)15(20)18-6-7-21-10-11-3-4-11/h8-9,11H,2-7,10H2,1H3,(H,17,19)(H,18,20). The van der Waals surface area contributed by atoms with Gasteiger partial charge in [-0.2, -0.15) is 0 Å². The second kappa shape index (κ2) is 8.34. The second-order valence-corrected chi connectivity index (χ2v) is 6.17. The molecule has 1 heterocycles. The molecule has 1 aromatic rings. The normalized spacial score (nSPS) is 14.0. The van der Waals surface area contributed by atoms with Crippen LogP contribution in [-0.4, -0.2) is 37.2 Å². The Morgan fingerprint density at radius 3 is 3.00 bits per heavy atom. The zero-order chi connectivity index (χ0) is 15.1. The first-order chi connectivity index (χ1) is 10.2. The van der Waals surface area contributed by atoms with Crippen molar-refractivity contribution in [3.05, 3.63) is 22.3 Å². The molecule has 21 heavy (non-hydrogen) atoms. The Hall–Kier alpha value is -1.14. The summed E-state index contributed by atoms with van der Waals surface area (Å²) in [6.45, 7) is 4.76. The van der Waals surface area contributed by atoms with E-state index in [1.807, 2.05) is 0 Å². The molecular weight excluding hydrogens is 334 g/mol. The third-order valence-electron chi connectivity index (χ3n) is 3.22. The highest BCUT2D eigenvalue weighted by molar-refractivity contribution is 9.10. The van der Waals surface area contributed by atoms with Crippen LogP contribution in [0.25, 0.3) is 0 Å². The number of hydrogen-bond donors (Lipinski definition) is 2. The Morgan fingerprint density at radius 2 is 2.29 bits per heavy atom. The molecular formula is C15H22BrN3O2. The number of ether oxygens (including phenoxy) is 1. The van der Waals surface area contributed by atoms with Crippen LogP contribution in [-0.2, 0) is 4.74 Å². The third-order valence-corrected chi connectivity index (χ3v) is 3.66. The van der Waals surface area contributed by atoms with Gasteiger partial charge in [0.2, 0.25) is 0 Å². The first kappa shape index (κ1) is 16.2. The Kier molecular flexibility index (Phi) is 6.45. The number of pyridine rings is 1. The minimum Gasteiger partial charge on any atom is -0.379 e. The van der Waals surface area contributed by atoms with Crippen LogP contribution in [0.1, 0.15) is 36.5 Å². The van der Waals surface area contributed by atoms with Crippen molar-refractivity contribution < 1.29 is 9.53 Å². The highest BCUT2D eigenvalue weighted by Crippen LogP contribution is 2.28. The number of nitrogens with one attached hydrogen (secondary N) is 2. The largest absolute Gasteiger partial charge is 0.379 e. The van der Waals surface area contributed by atoms with Gasteiger partial charge in [0.05, 0.1) is 12.2 Å². The van der Waals surface area contributed by atoms with Crippen molar-refractivity contribution in [1.82, 2.24) is 10.3 Å². The summed E-state index contributed by atoms with van der Waals surface area (Å²) in [5, 5.41) is 6.04. The van der Waals surface area contributed by atoms with Crippen LogP contribution < -0.4 is 10.6 Å². The van der Waals surface area contributed by atoms with Gasteiger partial charge < -0.3 is 15.4 Å². The average molecular weight is 356 g/mol. The molecule has 116 valence electrons. The number of aromatic nitrogens is 1. The van der Waals surface area contributed by atoms with Gasteiger partial charge >= 0.3 is 0 Å². The van der Waals surface area contributed by atoms with E-state index in [9.17, 15) is 4.79 Å². The van der Waals surface area contributed by atoms with Gasteiger partial charge in [0.25, 0.3) is 5.91 Å². The average Bonchev–Trinajstić information content (AvgIpc) is 3.29. The summed E-state index contributed by atoms with van der Waals surface area (Å²) in [5.74, 6) is 1.24. The summed E-state index contributed by atoms with van der Waals surface area (Å²) >= 11 is 3.35. The van der Waals surface area contributed by atoms with E-state index >= 15 is 0 Å². The monoisotopic (exact) mass is 355 g/mol. The number of anilines is 1. The third kappa shape index (κ3) is 5.63. The van der Waals surface area contributed by atoms with Crippen LogP contribution in [0.4, 0.5) is 5.82 Å². The Morgan fingerprint density at radius 1 is 1.48 bits per heavy atom. The van der Waals surface area contributed by atoms with E-state index in [2.05, 4.69) is 38.5 Å². The minimum absolute atomic E-state index is 0.127. The molecule has 0 bridgehead atoms. The zero-order valence-electron chi connectivity index (χ0n) is 12.3. The predicted molar refractivity (Wildman–Crippen MR) is 86.6 cm³/mol. The molecule has 0 spiro atoms. The molecule has 2 N–H and O–H groups in total. The van der Waals surface area contributed by atoms with Crippen LogP contribution in [0.2, 0.25) is 0 Å². The first-order valence-electron chi connectivity index (χ1n) is 7.46. The SMILES string of the molecule is CCCNc1ncc(Br)cc1C(=O)NCCOCC1CC1. The molecule has 0 radical (unpaired) electrons. The molecule has 5 nitrogen and oxygen atoms in total. The number of amides is 1. The zero-order valence-corrected chi connectivity index (χ0v) is 13.9. The lowest BCUT2D eigenvalue weighted by Gasteiger charge is -2.11. The lowest BCUT2D eigenvalue weighted by atomic mass is 10.2. The van der Waals surface area contributed by atoms with Gasteiger partial charge in [-0.25, -0.2) is 4.98 Å². The van der Waals surface area contributed by atoms with Gasteiger partial charge in [-0.1, -0.05) is 6.92 Å². The van der Waals surface area contributed by atoms with E-state index in [0.717, 1.165) is 30.0 Å². The van der Waals surface area contributed by atoms with Crippen LogP contribution in [0, 0.1) is 5.92 Å². The number of rotatable bonds is 9. The van der Waals surface area contributed by atoms with Gasteiger partial charge in [0.15, 0.2) is 0 Å². The maximum atomic E-state index is 12.2. The summed E-state index contributed by atoms with van der Waals surface area (Å²) in [6.07, 6.45) is 5.23. The number of carbonyl (C=O) groups excluding carboxylic acids is 1. The van der Waals surface area contributed by atoms with Gasteiger partial charge in [-0.05, 0) is 47.2 Å². The topological polar surface area (TPSA) is 63.2 Å². The van der Waals surface area contributed by atoms with E-state index in [4.69, 9.17) is 4.74 Å². The van der Waals surface area contributed by atoms with Crippen molar-refractivity contribution >= 4 is 27.7 Å². The number of carbonyl (C=O) groups is 1. The molecule has 0 saturated heterocycles. The van der Waals surface area contributed by atoms with Crippen LogP contribution in [0.15, 0.2) is 16.7 Å². The van der Waals surface area contributed by atoms with Crippen molar-refractivity contribution in [3.63, 3.8) is 0 Å². The molecule has 1 aliphatic rings. The molecule has 0 atom stereocenters. The van der Waals surface area contributed by atoms with Crippen LogP contribution >= 0.6 is 15.9 Å². The molecule has 1 amide bonds. The molecule has 1 aliphatic carbocycles. The summed E-state index contributed by atoms with van der Waals surface area (Å²) in [6, 6.07) is 1.78. The van der Waals surface area contributed by atoms with Crippen molar-refractivity contribution in [3.8, 4) is 0 Å². The van der Waals surface area contributed by atoms with Gasteiger partial charge in [-0.3, -0.25) is 4.79 Å². The highest BCUT2D eigenvalue weighted by Gasteiger charge is 2.21. The fraction of sp³-hybridized carbons (Fsp3) is 0.600. The number of halogens is 1. The smallest absolute Gasteiger partial charge is 0.255 e. The summed E-state index contributed by atoms with van der Waals surface area (Å²) < 4.78 is 6.30. The quantitative estimate of drug-likeness (QED) is 0.668. The summed E-state index contributed by atoms with van der Waals surface area (Å²) in [4.78, 5) is 16.5. The maximum Gasteiger partial charge on any atom is 0.255 e. The fourth-order valence-corrected chi connectivity index (χ4v) is 2.19. The lowest BCUT2D eigenvalue weighted by molar-refractivity contribution is 0.0907. The molecule has 0 unspecified atom stereocenters. The van der Waals surface area contributed by atoms with E-state index < -0.39 is 0 Å². The summed E-state index contributed by atoms with van der Waals surface area (Å²) in [7, 11) is 0. The number of nitrogens with zero attached hydrogens (tertiary/aromatic N) is 1. The predicted octanol–water partition coefficient (Wildman–Crippen LogP) is 2.82.